The van der Waals surface area contributed by atoms with Crippen LogP contribution in [0.15, 0.2) is 36.4 Å². The zero-order valence-electron chi connectivity index (χ0n) is 18.5. The fourth-order valence-corrected chi connectivity index (χ4v) is 4.38. The molecule has 8 nitrogen and oxygen atoms in total. The van der Waals surface area contributed by atoms with Crippen molar-refractivity contribution in [3.63, 3.8) is 0 Å². The van der Waals surface area contributed by atoms with Gasteiger partial charge in [0.15, 0.2) is 0 Å². The highest BCUT2D eigenvalue weighted by Gasteiger charge is 2.27. The molecule has 0 aliphatic carbocycles. The Labute approximate surface area is 188 Å². The number of carbonyl (C=O) groups excluding carboxylic acids is 2. The first kappa shape index (κ1) is 22.1. The van der Waals surface area contributed by atoms with Gasteiger partial charge in [-0.05, 0) is 63.0 Å². The molecule has 4 N–H and O–H groups in total. The van der Waals surface area contributed by atoms with Crippen molar-refractivity contribution in [2.45, 2.75) is 37.8 Å². The van der Waals surface area contributed by atoms with Crippen LogP contribution in [-0.4, -0.2) is 51.2 Å². The molecule has 0 saturated carbocycles. The predicted octanol–water partition coefficient (Wildman–Crippen LogP) is 2.75. The van der Waals surface area contributed by atoms with Crippen LogP contribution in [0.25, 0.3) is 11.1 Å². The van der Waals surface area contributed by atoms with E-state index in [1.54, 1.807) is 14.2 Å². The van der Waals surface area contributed by atoms with Crippen LogP contribution >= 0.6 is 0 Å². The Morgan fingerprint density at radius 1 is 0.781 bits per heavy atom. The first-order valence-electron chi connectivity index (χ1n) is 11.0. The summed E-state index contributed by atoms with van der Waals surface area (Å²) in [6.45, 7) is 1.67. The van der Waals surface area contributed by atoms with Crippen molar-refractivity contribution in [1.82, 2.24) is 10.6 Å². The Bertz CT molecular complexity index is 902. The lowest BCUT2D eigenvalue weighted by molar-refractivity contribution is -0.118. The van der Waals surface area contributed by atoms with E-state index < -0.39 is 0 Å². The lowest BCUT2D eigenvalue weighted by Crippen LogP contribution is -2.36. The van der Waals surface area contributed by atoms with Crippen molar-refractivity contribution in [3.8, 4) is 22.6 Å². The summed E-state index contributed by atoms with van der Waals surface area (Å²) in [6, 6.07) is 10.5. The maximum Gasteiger partial charge on any atom is 0.241 e. The summed E-state index contributed by atoms with van der Waals surface area (Å²) in [5.41, 5.74) is 2.52. The third kappa shape index (κ3) is 4.56. The molecule has 2 amide bonds. The topological polar surface area (TPSA) is 101 Å². The van der Waals surface area contributed by atoms with E-state index in [0.717, 1.165) is 38.8 Å². The first-order valence-corrected chi connectivity index (χ1v) is 11.0. The standard InChI is InChI=1S/C24H30N4O4/c1-31-19-11-3-7-15(27-23(29)17-9-5-13-25-17)21(19)22-16(8-4-12-20(22)32-2)28-24(30)18-10-6-14-26-18/h3-4,7-8,11-12,17-18,25-26H,5-6,9-10,13-14H2,1-2H3,(H,27,29)(H,28,30)/t17-,18-/m0/s1. The van der Waals surface area contributed by atoms with Gasteiger partial charge >= 0.3 is 0 Å². The number of amides is 2. The summed E-state index contributed by atoms with van der Waals surface area (Å²) in [5.74, 6) is 0.961. The Kier molecular flexibility index (Phi) is 6.92. The zero-order chi connectivity index (χ0) is 22.5. The van der Waals surface area contributed by atoms with Crippen LogP contribution in [0.4, 0.5) is 11.4 Å². The molecule has 2 aliphatic rings. The Morgan fingerprint density at radius 2 is 1.22 bits per heavy atom. The van der Waals surface area contributed by atoms with E-state index in [9.17, 15) is 9.59 Å². The Balaban J connectivity index is 1.75. The quantitative estimate of drug-likeness (QED) is 0.530. The monoisotopic (exact) mass is 438 g/mol. The fraction of sp³-hybridized carbons (Fsp3) is 0.417. The van der Waals surface area contributed by atoms with E-state index in [1.165, 1.54) is 0 Å². The molecule has 0 radical (unpaired) electrons. The molecule has 0 aromatic heterocycles. The molecule has 2 fully saturated rings. The largest absolute Gasteiger partial charge is 0.496 e. The van der Waals surface area contributed by atoms with E-state index in [-0.39, 0.29) is 23.9 Å². The number of rotatable bonds is 7. The number of hydrogen-bond acceptors (Lipinski definition) is 6. The average Bonchev–Trinajstić information content (AvgIpc) is 3.53. The minimum absolute atomic E-state index is 0.0901. The first-order chi connectivity index (χ1) is 15.6. The second kappa shape index (κ2) is 10.0. The number of hydrogen-bond donors (Lipinski definition) is 4. The van der Waals surface area contributed by atoms with Crippen molar-refractivity contribution >= 4 is 23.2 Å². The lowest BCUT2D eigenvalue weighted by Gasteiger charge is -2.22. The van der Waals surface area contributed by atoms with Crippen LogP contribution in [0.1, 0.15) is 25.7 Å². The molecule has 2 saturated heterocycles. The molecule has 2 heterocycles. The molecule has 4 rings (SSSR count). The van der Waals surface area contributed by atoms with Crippen LogP contribution in [0.5, 0.6) is 11.5 Å². The van der Waals surface area contributed by atoms with Gasteiger partial charge in [0.25, 0.3) is 0 Å². The molecule has 2 aromatic carbocycles. The highest BCUT2D eigenvalue weighted by molar-refractivity contribution is 6.05. The number of methoxy groups -OCH3 is 2. The molecule has 8 heteroatoms. The van der Waals surface area contributed by atoms with Gasteiger partial charge < -0.3 is 30.7 Å². The molecule has 32 heavy (non-hydrogen) atoms. The summed E-state index contributed by atoms with van der Waals surface area (Å²) >= 11 is 0. The normalized spacial score (nSPS) is 20.1. The van der Waals surface area contributed by atoms with Gasteiger partial charge in [0, 0.05) is 0 Å². The molecule has 2 aliphatic heterocycles. The van der Waals surface area contributed by atoms with Crippen molar-refractivity contribution in [2.75, 3.05) is 37.9 Å². The summed E-state index contributed by atoms with van der Waals surface area (Å²) in [5, 5.41) is 12.5. The van der Waals surface area contributed by atoms with E-state index in [1.807, 2.05) is 36.4 Å². The molecule has 0 spiro atoms. The molecule has 2 aromatic rings. The van der Waals surface area contributed by atoms with E-state index in [0.29, 0.717) is 34.0 Å². The van der Waals surface area contributed by atoms with Crippen LogP contribution in [0, 0.1) is 0 Å². The van der Waals surface area contributed by atoms with Gasteiger partial charge in [0.1, 0.15) is 11.5 Å². The van der Waals surface area contributed by atoms with Gasteiger partial charge in [-0.2, -0.15) is 0 Å². The van der Waals surface area contributed by atoms with Crippen LogP contribution in [0.3, 0.4) is 0 Å². The summed E-state index contributed by atoms with van der Waals surface area (Å²) < 4.78 is 11.3. The second-order valence-electron chi connectivity index (χ2n) is 8.04. The van der Waals surface area contributed by atoms with E-state index in [4.69, 9.17) is 9.47 Å². The number of anilines is 2. The van der Waals surface area contributed by atoms with Gasteiger partial charge in [-0.3, -0.25) is 9.59 Å². The third-order valence-corrected chi connectivity index (χ3v) is 6.01. The summed E-state index contributed by atoms with van der Waals surface area (Å²) in [7, 11) is 3.16. The number of ether oxygens (including phenoxy) is 2. The van der Waals surface area contributed by atoms with Gasteiger partial charge in [-0.25, -0.2) is 0 Å². The average molecular weight is 439 g/mol. The number of benzene rings is 2. The van der Waals surface area contributed by atoms with E-state index in [2.05, 4.69) is 21.3 Å². The van der Waals surface area contributed by atoms with Gasteiger partial charge in [-0.1, -0.05) is 12.1 Å². The molecular formula is C24H30N4O4. The molecule has 2 atom stereocenters. The second-order valence-corrected chi connectivity index (χ2v) is 8.04. The minimum Gasteiger partial charge on any atom is -0.496 e. The SMILES string of the molecule is COc1cccc(NC(=O)[C@@H]2CCCN2)c1-c1c(NC(=O)[C@@H]2CCCN2)cccc1OC. The van der Waals surface area contributed by atoms with Gasteiger partial charge in [-0.15, -0.1) is 0 Å². The number of nitrogens with one attached hydrogen (secondary N) is 4. The molecule has 170 valence electrons. The maximum atomic E-state index is 12.9. The van der Waals surface area contributed by atoms with Crippen LogP contribution in [-0.2, 0) is 9.59 Å². The molecular weight excluding hydrogens is 408 g/mol. The summed E-state index contributed by atoms with van der Waals surface area (Å²) in [6.07, 6.45) is 3.55. The molecule has 0 bridgehead atoms. The van der Waals surface area contributed by atoms with Gasteiger partial charge in [0.2, 0.25) is 11.8 Å². The number of carbonyl (C=O) groups is 2. The molecule has 0 unspecified atom stereocenters. The van der Waals surface area contributed by atoms with Crippen LogP contribution < -0.4 is 30.7 Å². The van der Waals surface area contributed by atoms with Crippen molar-refractivity contribution < 1.29 is 19.1 Å². The Hall–Kier alpha value is -3.10. The van der Waals surface area contributed by atoms with Crippen molar-refractivity contribution in [2.24, 2.45) is 0 Å². The third-order valence-electron chi connectivity index (χ3n) is 6.01. The highest BCUT2D eigenvalue weighted by atomic mass is 16.5. The zero-order valence-corrected chi connectivity index (χ0v) is 18.5. The van der Waals surface area contributed by atoms with Gasteiger partial charge in [0.05, 0.1) is 48.8 Å². The minimum atomic E-state index is -0.223. The van der Waals surface area contributed by atoms with Crippen LogP contribution in [0.2, 0.25) is 0 Å². The Morgan fingerprint density at radius 3 is 1.56 bits per heavy atom. The summed E-state index contributed by atoms with van der Waals surface area (Å²) in [4.78, 5) is 25.7. The maximum absolute atomic E-state index is 12.9. The van der Waals surface area contributed by atoms with E-state index >= 15 is 0 Å². The smallest absolute Gasteiger partial charge is 0.241 e. The fourth-order valence-electron chi connectivity index (χ4n) is 4.38. The lowest BCUT2D eigenvalue weighted by atomic mass is 9.98. The van der Waals surface area contributed by atoms with Crippen molar-refractivity contribution in [1.29, 1.82) is 0 Å². The highest BCUT2D eigenvalue weighted by Crippen LogP contribution is 2.45. The van der Waals surface area contributed by atoms with Crippen molar-refractivity contribution in [3.05, 3.63) is 36.4 Å². The predicted molar refractivity (Wildman–Crippen MR) is 124 cm³/mol.